The van der Waals surface area contributed by atoms with Gasteiger partial charge in [-0.05, 0) is 18.6 Å². The van der Waals surface area contributed by atoms with Crippen molar-refractivity contribution in [3.8, 4) is 0 Å². The zero-order valence-electron chi connectivity index (χ0n) is 18.9. The number of aryl methyl sites for hydroxylation is 1. The SMILES string of the molecule is CCCc1cc2c(N3CCn4c(nnc4C(F)(F)F)C3)nc(N3C=CC4=NCCNC4=C3)nc2s1. The predicted octanol–water partition coefficient (Wildman–Crippen LogP) is 3.49. The van der Waals surface area contributed by atoms with E-state index in [0.29, 0.717) is 18.3 Å². The standard InChI is InChI=1S/C22H22F3N9S/c1-2-3-13-10-14-18(32-8-9-34-17(12-32)30-31-20(34)22(23,24)25)28-21(29-19(14)35-13)33-7-4-15-16(11-33)27-6-5-26-15/h4,7,10-11,27H,2-3,5-6,8-9,12H2,1H3. The first kappa shape index (κ1) is 22.0. The number of rotatable bonds is 4. The van der Waals surface area contributed by atoms with E-state index in [1.165, 1.54) is 4.88 Å². The van der Waals surface area contributed by atoms with E-state index < -0.39 is 12.0 Å². The summed E-state index contributed by atoms with van der Waals surface area (Å²) in [6, 6.07) is 2.10. The Labute approximate surface area is 202 Å². The minimum Gasteiger partial charge on any atom is -0.380 e. The van der Waals surface area contributed by atoms with E-state index in [2.05, 4.69) is 33.5 Å². The van der Waals surface area contributed by atoms with Gasteiger partial charge in [-0.15, -0.1) is 21.5 Å². The van der Waals surface area contributed by atoms with Crippen molar-refractivity contribution in [2.45, 2.75) is 39.0 Å². The molecule has 6 rings (SSSR count). The fourth-order valence-electron chi connectivity index (χ4n) is 4.47. The zero-order chi connectivity index (χ0) is 24.2. The first-order chi connectivity index (χ1) is 16.9. The van der Waals surface area contributed by atoms with Gasteiger partial charge in [-0.2, -0.15) is 18.2 Å². The zero-order valence-corrected chi connectivity index (χ0v) is 19.7. The predicted molar refractivity (Wildman–Crippen MR) is 127 cm³/mol. The number of hydrogen-bond acceptors (Lipinski definition) is 9. The molecule has 182 valence electrons. The van der Waals surface area contributed by atoms with Crippen molar-refractivity contribution in [3.63, 3.8) is 0 Å². The van der Waals surface area contributed by atoms with Crippen molar-refractivity contribution in [2.75, 3.05) is 29.4 Å². The molecule has 0 aromatic carbocycles. The van der Waals surface area contributed by atoms with Crippen LogP contribution in [0.1, 0.15) is 29.9 Å². The Morgan fingerprint density at radius 1 is 1.17 bits per heavy atom. The summed E-state index contributed by atoms with van der Waals surface area (Å²) in [7, 11) is 0. The van der Waals surface area contributed by atoms with E-state index in [9.17, 15) is 13.2 Å². The van der Waals surface area contributed by atoms with E-state index in [0.717, 1.165) is 52.1 Å². The van der Waals surface area contributed by atoms with Crippen LogP contribution in [0.5, 0.6) is 0 Å². The molecule has 0 bridgehead atoms. The van der Waals surface area contributed by atoms with Crippen molar-refractivity contribution in [1.29, 1.82) is 0 Å². The summed E-state index contributed by atoms with van der Waals surface area (Å²) in [5.74, 6) is 0.502. The molecular weight excluding hydrogens is 479 g/mol. The Kier molecular flexibility index (Phi) is 5.24. The number of nitrogens with zero attached hydrogens (tertiary/aromatic N) is 8. The first-order valence-corrected chi connectivity index (χ1v) is 12.2. The molecule has 0 unspecified atom stereocenters. The highest BCUT2D eigenvalue weighted by molar-refractivity contribution is 7.18. The molecule has 9 nitrogen and oxygen atoms in total. The molecule has 0 saturated carbocycles. The van der Waals surface area contributed by atoms with Gasteiger partial charge in [0.1, 0.15) is 10.6 Å². The molecule has 35 heavy (non-hydrogen) atoms. The number of anilines is 2. The second-order valence-corrected chi connectivity index (χ2v) is 9.61. The third-order valence-corrected chi connectivity index (χ3v) is 7.18. The van der Waals surface area contributed by atoms with Crippen molar-refractivity contribution < 1.29 is 13.2 Å². The van der Waals surface area contributed by atoms with Crippen LogP contribution in [-0.2, 0) is 25.7 Å². The van der Waals surface area contributed by atoms with Crippen molar-refractivity contribution >= 4 is 39.0 Å². The van der Waals surface area contributed by atoms with Gasteiger partial charge < -0.3 is 14.8 Å². The van der Waals surface area contributed by atoms with Crippen LogP contribution in [0.3, 0.4) is 0 Å². The summed E-state index contributed by atoms with van der Waals surface area (Å²) < 4.78 is 41.1. The number of allylic oxidation sites excluding steroid dienone is 1. The molecule has 0 aliphatic carbocycles. The molecule has 3 aromatic heterocycles. The summed E-state index contributed by atoms with van der Waals surface area (Å²) in [5.41, 5.74) is 1.80. The number of nitrogens with one attached hydrogen (secondary N) is 1. The second kappa shape index (κ2) is 8.33. The Hall–Kier alpha value is -3.48. The van der Waals surface area contributed by atoms with Gasteiger partial charge in [-0.25, -0.2) is 4.98 Å². The fourth-order valence-corrected chi connectivity index (χ4v) is 5.59. The average molecular weight is 502 g/mol. The summed E-state index contributed by atoms with van der Waals surface area (Å²) in [6.45, 7) is 4.29. The summed E-state index contributed by atoms with van der Waals surface area (Å²) in [5, 5.41) is 11.5. The largest absolute Gasteiger partial charge is 0.451 e. The summed E-state index contributed by atoms with van der Waals surface area (Å²) in [6.07, 6.45) is 3.12. The topological polar surface area (TPSA) is 87.4 Å². The smallest absolute Gasteiger partial charge is 0.380 e. The molecule has 3 aliphatic rings. The van der Waals surface area contributed by atoms with Crippen LogP contribution >= 0.6 is 11.3 Å². The molecule has 1 N–H and O–H groups in total. The monoisotopic (exact) mass is 501 g/mol. The maximum atomic E-state index is 13.3. The molecule has 3 aliphatic heterocycles. The quantitative estimate of drug-likeness (QED) is 0.586. The lowest BCUT2D eigenvalue weighted by Crippen LogP contribution is -2.36. The highest BCUT2D eigenvalue weighted by atomic mass is 32.1. The molecular formula is C22H22F3N9S. The van der Waals surface area contributed by atoms with Gasteiger partial charge in [-0.3, -0.25) is 9.89 Å². The van der Waals surface area contributed by atoms with Gasteiger partial charge in [0.2, 0.25) is 11.8 Å². The Bertz CT molecular complexity index is 1380. The molecule has 0 amide bonds. The van der Waals surface area contributed by atoms with Crippen LogP contribution in [-0.4, -0.2) is 50.1 Å². The van der Waals surface area contributed by atoms with E-state index >= 15 is 0 Å². The highest BCUT2D eigenvalue weighted by Gasteiger charge is 2.39. The molecule has 6 heterocycles. The van der Waals surface area contributed by atoms with Crippen LogP contribution in [0.15, 0.2) is 35.2 Å². The number of alkyl halides is 3. The maximum Gasteiger partial charge on any atom is 0.451 e. The molecule has 0 fully saturated rings. The second-order valence-electron chi connectivity index (χ2n) is 8.50. The normalized spacial score (nSPS) is 17.7. The lowest BCUT2D eigenvalue weighted by Gasteiger charge is -2.30. The summed E-state index contributed by atoms with van der Waals surface area (Å²) >= 11 is 1.62. The maximum absolute atomic E-state index is 13.3. The van der Waals surface area contributed by atoms with Gasteiger partial charge >= 0.3 is 6.18 Å². The number of halogens is 3. The number of fused-ring (bicyclic) bond motifs is 3. The van der Waals surface area contributed by atoms with Crippen LogP contribution in [0.2, 0.25) is 0 Å². The van der Waals surface area contributed by atoms with Gasteiger partial charge in [0.25, 0.3) is 0 Å². The third kappa shape index (κ3) is 3.93. The molecule has 0 saturated heterocycles. The van der Waals surface area contributed by atoms with Crippen LogP contribution in [0.4, 0.5) is 24.9 Å². The Balaban J connectivity index is 1.41. The number of aromatic nitrogens is 5. The van der Waals surface area contributed by atoms with Gasteiger partial charge in [0, 0.05) is 36.9 Å². The van der Waals surface area contributed by atoms with Crippen LogP contribution in [0, 0.1) is 0 Å². The minimum atomic E-state index is -4.53. The molecule has 0 spiro atoms. The highest BCUT2D eigenvalue weighted by Crippen LogP contribution is 2.36. The molecule has 13 heteroatoms. The molecule has 3 aromatic rings. The van der Waals surface area contributed by atoms with Gasteiger partial charge in [0.05, 0.1) is 29.9 Å². The van der Waals surface area contributed by atoms with Gasteiger partial charge in [0.15, 0.2) is 5.82 Å². The summed E-state index contributed by atoms with van der Waals surface area (Å²) in [4.78, 5) is 20.1. The van der Waals surface area contributed by atoms with E-state index in [4.69, 9.17) is 9.97 Å². The number of hydrogen-bond donors (Lipinski definition) is 1. The number of aliphatic imine (C=N–C) groups is 1. The van der Waals surface area contributed by atoms with Crippen LogP contribution < -0.4 is 15.1 Å². The fraction of sp³-hybridized carbons (Fsp3) is 0.409. The Morgan fingerprint density at radius 2 is 2.06 bits per heavy atom. The Morgan fingerprint density at radius 3 is 2.89 bits per heavy atom. The molecule has 0 radical (unpaired) electrons. The minimum absolute atomic E-state index is 0.126. The van der Waals surface area contributed by atoms with Crippen molar-refractivity contribution in [3.05, 3.63) is 46.8 Å². The van der Waals surface area contributed by atoms with Gasteiger partial charge in [-0.1, -0.05) is 13.3 Å². The lowest BCUT2D eigenvalue weighted by molar-refractivity contribution is -0.147. The van der Waals surface area contributed by atoms with Crippen molar-refractivity contribution in [1.82, 2.24) is 30.0 Å². The first-order valence-electron chi connectivity index (χ1n) is 11.4. The van der Waals surface area contributed by atoms with E-state index in [-0.39, 0.29) is 18.9 Å². The van der Waals surface area contributed by atoms with Crippen molar-refractivity contribution in [2.24, 2.45) is 4.99 Å². The lowest BCUT2D eigenvalue weighted by atomic mass is 10.2. The third-order valence-electron chi connectivity index (χ3n) is 6.09. The van der Waals surface area contributed by atoms with E-state index in [1.54, 1.807) is 11.3 Å². The molecule has 0 atom stereocenters. The van der Waals surface area contributed by atoms with E-state index in [1.807, 2.05) is 28.3 Å². The number of thiophene rings is 1. The average Bonchev–Trinajstić information content (AvgIpc) is 3.46. The van der Waals surface area contributed by atoms with Crippen LogP contribution in [0.25, 0.3) is 10.2 Å².